The molecule has 2 aromatic heterocycles. The SMILES string of the molecule is CN=C(NCC(C)Cn1cccn1)N1CCN(c2ccccn2)CC1.I. The summed E-state index contributed by atoms with van der Waals surface area (Å²) >= 11 is 0. The minimum atomic E-state index is 0. The Bertz CT molecular complexity index is 651. The van der Waals surface area contributed by atoms with Crippen LogP contribution < -0.4 is 10.2 Å². The molecule has 1 N–H and O–H groups in total. The summed E-state index contributed by atoms with van der Waals surface area (Å²) in [6.07, 6.45) is 5.67. The predicted octanol–water partition coefficient (Wildman–Crippen LogP) is 1.93. The maximum absolute atomic E-state index is 4.45. The van der Waals surface area contributed by atoms with Crippen molar-refractivity contribution in [2.24, 2.45) is 10.9 Å². The summed E-state index contributed by atoms with van der Waals surface area (Å²) in [6, 6.07) is 8.02. The fourth-order valence-corrected chi connectivity index (χ4v) is 3.08. The molecule has 0 bridgehead atoms. The molecule has 0 saturated carbocycles. The average Bonchev–Trinajstić information content (AvgIpc) is 3.16. The predicted molar refractivity (Wildman–Crippen MR) is 116 cm³/mol. The van der Waals surface area contributed by atoms with E-state index in [4.69, 9.17) is 0 Å². The molecule has 1 atom stereocenters. The fraction of sp³-hybridized carbons (Fsp3) is 0.500. The summed E-state index contributed by atoms with van der Waals surface area (Å²) in [6.45, 7) is 7.83. The van der Waals surface area contributed by atoms with Gasteiger partial charge in [0.05, 0.1) is 0 Å². The van der Waals surface area contributed by atoms with Gasteiger partial charge < -0.3 is 15.1 Å². The highest BCUT2D eigenvalue weighted by Crippen LogP contribution is 2.12. The van der Waals surface area contributed by atoms with Crippen molar-refractivity contribution in [2.75, 3.05) is 44.7 Å². The summed E-state index contributed by atoms with van der Waals surface area (Å²) in [5.41, 5.74) is 0. The van der Waals surface area contributed by atoms with Gasteiger partial charge in [-0.3, -0.25) is 9.67 Å². The maximum Gasteiger partial charge on any atom is 0.193 e. The van der Waals surface area contributed by atoms with Gasteiger partial charge in [0, 0.05) is 64.9 Å². The molecule has 1 saturated heterocycles. The van der Waals surface area contributed by atoms with Gasteiger partial charge in [0.25, 0.3) is 0 Å². The van der Waals surface area contributed by atoms with Crippen molar-refractivity contribution in [1.82, 2.24) is 25.0 Å². The molecule has 8 heteroatoms. The van der Waals surface area contributed by atoms with E-state index >= 15 is 0 Å². The van der Waals surface area contributed by atoms with Gasteiger partial charge in [-0.2, -0.15) is 5.10 Å². The van der Waals surface area contributed by atoms with Crippen molar-refractivity contribution in [2.45, 2.75) is 13.5 Å². The van der Waals surface area contributed by atoms with Crippen LogP contribution in [0.4, 0.5) is 5.82 Å². The van der Waals surface area contributed by atoms with Crippen molar-refractivity contribution >= 4 is 35.8 Å². The van der Waals surface area contributed by atoms with E-state index in [9.17, 15) is 0 Å². The van der Waals surface area contributed by atoms with E-state index in [1.165, 1.54) is 0 Å². The zero-order valence-corrected chi connectivity index (χ0v) is 17.8. The lowest BCUT2D eigenvalue weighted by atomic mass is 10.2. The van der Waals surface area contributed by atoms with Crippen LogP contribution in [0.3, 0.4) is 0 Å². The summed E-state index contributed by atoms with van der Waals surface area (Å²) in [4.78, 5) is 13.5. The van der Waals surface area contributed by atoms with Crippen molar-refractivity contribution in [3.8, 4) is 0 Å². The summed E-state index contributed by atoms with van der Waals surface area (Å²) < 4.78 is 1.97. The third-order valence-corrected chi connectivity index (χ3v) is 4.43. The molecule has 142 valence electrons. The van der Waals surface area contributed by atoms with Crippen molar-refractivity contribution in [1.29, 1.82) is 0 Å². The Morgan fingerprint density at radius 1 is 1.19 bits per heavy atom. The number of aromatic nitrogens is 3. The third-order valence-electron chi connectivity index (χ3n) is 4.43. The number of halogens is 1. The van der Waals surface area contributed by atoms with E-state index in [0.29, 0.717) is 5.92 Å². The molecule has 0 spiro atoms. The van der Waals surface area contributed by atoms with Crippen LogP contribution in [0.5, 0.6) is 0 Å². The Kier molecular flexibility index (Phi) is 8.14. The maximum atomic E-state index is 4.45. The molecule has 0 radical (unpaired) electrons. The smallest absolute Gasteiger partial charge is 0.193 e. The highest BCUT2D eigenvalue weighted by Gasteiger charge is 2.20. The zero-order chi connectivity index (χ0) is 17.5. The number of pyridine rings is 1. The van der Waals surface area contributed by atoms with Crippen LogP contribution in [-0.2, 0) is 6.54 Å². The van der Waals surface area contributed by atoms with Crippen LogP contribution in [0.15, 0.2) is 47.8 Å². The molecule has 0 aliphatic carbocycles. The van der Waals surface area contributed by atoms with Gasteiger partial charge in [-0.15, -0.1) is 24.0 Å². The van der Waals surface area contributed by atoms with E-state index in [0.717, 1.165) is 51.0 Å². The molecule has 7 nitrogen and oxygen atoms in total. The van der Waals surface area contributed by atoms with E-state index in [2.05, 4.69) is 43.2 Å². The lowest BCUT2D eigenvalue weighted by molar-refractivity contribution is 0.363. The first-order chi connectivity index (χ1) is 12.3. The van der Waals surface area contributed by atoms with Crippen LogP contribution in [0, 0.1) is 5.92 Å². The molecular weight excluding hydrogens is 441 g/mol. The second-order valence-corrected chi connectivity index (χ2v) is 6.42. The number of hydrogen-bond donors (Lipinski definition) is 1. The average molecular weight is 469 g/mol. The normalized spacial score (nSPS) is 16.2. The van der Waals surface area contributed by atoms with Crippen LogP contribution in [0.25, 0.3) is 0 Å². The van der Waals surface area contributed by atoms with Gasteiger partial charge in [0.15, 0.2) is 5.96 Å². The number of hydrogen-bond acceptors (Lipinski definition) is 4. The molecule has 26 heavy (non-hydrogen) atoms. The minimum Gasteiger partial charge on any atom is -0.356 e. The van der Waals surface area contributed by atoms with Gasteiger partial charge in [0.2, 0.25) is 0 Å². The van der Waals surface area contributed by atoms with E-state index in [1.807, 2.05) is 48.5 Å². The monoisotopic (exact) mass is 469 g/mol. The van der Waals surface area contributed by atoms with Gasteiger partial charge in [0.1, 0.15) is 5.82 Å². The van der Waals surface area contributed by atoms with Crippen LogP contribution in [0.2, 0.25) is 0 Å². The number of nitrogens with one attached hydrogen (secondary N) is 1. The Balaban J connectivity index is 0.00000243. The van der Waals surface area contributed by atoms with Crippen molar-refractivity contribution < 1.29 is 0 Å². The molecular formula is C18H28IN7. The quantitative estimate of drug-likeness (QED) is 0.412. The van der Waals surface area contributed by atoms with E-state index < -0.39 is 0 Å². The van der Waals surface area contributed by atoms with Crippen LogP contribution in [0.1, 0.15) is 6.92 Å². The minimum absolute atomic E-state index is 0. The Morgan fingerprint density at radius 3 is 2.62 bits per heavy atom. The second-order valence-electron chi connectivity index (χ2n) is 6.42. The lowest BCUT2D eigenvalue weighted by Gasteiger charge is -2.37. The van der Waals surface area contributed by atoms with E-state index in [1.54, 1.807) is 0 Å². The summed E-state index contributed by atoms with van der Waals surface area (Å²) in [7, 11) is 1.85. The standard InChI is InChI=1S/C18H27N7.HI/c1-16(15-25-9-5-8-22-25)14-21-18(19-2)24-12-10-23(11-13-24)17-6-3-4-7-20-17;/h3-9,16H,10-15H2,1-2H3,(H,19,21);1H. The van der Waals surface area contributed by atoms with Gasteiger partial charge >= 0.3 is 0 Å². The zero-order valence-electron chi connectivity index (χ0n) is 15.5. The number of aliphatic imine (C=N–C) groups is 1. The Morgan fingerprint density at radius 2 is 2.00 bits per heavy atom. The number of guanidine groups is 1. The third kappa shape index (κ3) is 5.58. The van der Waals surface area contributed by atoms with Gasteiger partial charge in [-0.25, -0.2) is 4.98 Å². The fourth-order valence-electron chi connectivity index (χ4n) is 3.08. The van der Waals surface area contributed by atoms with Gasteiger partial charge in [-0.05, 0) is 24.1 Å². The van der Waals surface area contributed by atoms with Crippen LogP contribution in [-0.4, -0.2) is 65.4 Å². The molecule has 3 heterocycles. The number of nitrogens with zero attached hydrogens (tertiary/aromatic N) is 6. The molecule has 1 unspecified atom stereocenters. The Labute approximate surface area is 172 Å². The topological polar surface area (TPSA) is 61.6 Å². The first-order valence-electron chi connectivity index (χ1n) is 8.85. The molecule has 2 aromatic rings. The lowest BCUT2D eigenvalue weighted by Crippen LogP contribution is -2.53. The molecule has 0 amide bonds. The van der Waals surface area contributed by atoms with Crippen molar-refractivity contribution in [3.63, 3.8) is 0 Å². The first kappa shape index (κ1) is 20.5. The second kappa shape index (κ2) is 10.3. The Hall–Kier alpha value is -1.84. The molecule has 3 rings (SSSR count). The van der Waals surface area contributed by atoms with Crippen LogP contribution >= 0.6 is 24.0 Å². The summed E-state index contributed by atoms with van der Waals surface area (Å²) in [5, 5.41) is 7.77. The highest BCUT2D eigenvalue weighted by atomic mass is 127. The molecule has 1 aliphatic rings. The largest absolute Gasteiger partial charge is 0.356 e. The van der Waals surface area contributed by atoms with E-state index in [-0.39, 0.29) is 24.0 Å². The van der Waals surface area contributed by atoms with Gasteiger partial charge in [-0.1, -0.05) is 13.0 Å². The molecule has 0 aromatic carbocycles. The number of rotatable bonds is 5. The molecule has 1 fully saturated rings. The number of anilines is 1. The number of piperazine rings is 1. The van der Waals surface area contributed by atoms with Crippen molar-refractivity contribution in [3.05, 3.63) is 42.9 Å². The first-order valence-corrected chi connectivity index (χ1v) is 8.85. The summed E-state index contributed by atoms with van der Waals surface area (Å²) in [5.74, 6) is 2.51. The highest BCUT2D eigenvalue weighted by molar-refractivity contribution is 14.0. The molecule has 1 aliphatic heterocycles.